The van der Waals surface area contributed by atoms with Gasteiger partial charge < -0.3 is 20.1 Å². The van der Waals surface area contributed by atoms with Crippen LogP contribution in [0.4, 0.5) is 5.82 Å². The van der Waals surface area contributed by atoms with Crippen molar-refractivity contribution in [1.82, 2.24) is 9.88 Å². The Balaban J connectivity index is 1.37. The van der Waals surface area contributed by atoms with Crippen LogP contribution in [0.2, 0.25) is 0 Å². The Morgan fingerprint density at radius 1 is 1.30 bits per heavy atom. The second-order valence-corrected chi connectivity index (χ2v) is 8.21. The van der Waals surface area contributed by atoms with Gasteiger partial charge in [-0.1, -0.05) is 48.6 Å². The molecule has 1 unspecified atom stereocenters. The number of nitrogens with two attached hydrogens (primary N) is 1. The number of pyridine rings is 1. The van der Waals surface area contributed by atoms with Gasteiger partial charge in [0, 0.05) is 25.7 Å². The predicted octanol–water partition coefficient (Wildman–Crippen LogP) is 4.66. The third-order valence-corrected chi connectivity index (χ3v) is 5.79. The summed E-state index contributed by atoms with van der Waals surface area (Å²) < 4.78 is 12.0. The van der Waals surface area contributed by atoms with Crippen molar-refractivity contribution in [3.8, 4) is 5.75 Å². The SMILES string of the molecule is CC1=C(CN(C)C(=O)/C=C/c2cnc(N)c(OCc3ccccc3)c2)OC2CC=CCC=C12. The lowest BCUT2D eigenvalue weighted by atomic mass is 10.0. The molecule has 1 aromatic heterocycles. The number of aromatic nitrogens is 1. The van der Waals surface area contributed by atoms with Gasteiger partial charge in [-0.05, 0) is 47.8 Å². The van der Waals surface area contributed by atoms with Crippen molar-refractivity contribution in [3.05, 3.63) is 94.9 Å². The Morgan fingerprint density at radius 3 is 2.94 bits per heavy atom. The van der Waals surface area contributed by atoms with Crippen LogP contribution < -0.4 is 10.5 Å². The van der Waals surface area contributed by atoms with Gasteiger partial charge in [0.05, 0.1) is 6.54 Å². The molecule has 33 heavy (non-hydrogen) atoms. The fourth-order valence-corrected chi connectivity index (χ4v) is 3.85. The van der Waals surface area contributed by atoms with Crippen LogP contribution in [-0.2, 0) is 16.1 Å². The molecule has 0 saturated heterocycles. The van der Waals surface area contributed by atoms with Gasteiger partial charge in [-0.25, -0.2) is 4.98 Å². The third kappa shape index (κ3) is 5.52. The highest BCUT2D eigenvalue weighted by molar-refractivity contribution is 5.91. The van der Waals surface area contributed by atoms with Gasteiger partial charge in [-0.2, -0.15) is 0 Å². The largest absolute Gasteiger partial charge is 0.488 e. The summed E-state index contributed by atoms with van der Waals surface area (Å²) in [4.78, 5) is 18.5. The first kappa shape index (κ1) is 22.4. The number of anilines is 1. The first-order valence-electron chi connectivity index (χ1n) is 11.1. The highest BCUT2D eigenvalue weighted by atomic mass is 16.5. The van der Waals surface area contributed by atoms with Crippen LogP contribution in [0.25, 0.3) is 6.08 Å². The lowest BCUT2D eigenvalue weighted by Crippen LogP contribution is -2.27. The molecule has 0 radical (unpaired) electrons. The minimum Gasteiger partial charge on any atom is -0.488 e. The molecule has 4 rings (SSSR count). The Morgan fingerprint density at radius 2 is 2.12 bits per heavy atom. The maximum Gasteiger partial charge on any atom is 0.246 e. The van der Waals surface area contributed by atoms with Gasteiger partial charge in [0.15, 0.2) is 11.6 Å². The molecule has 1 amide bonds. The number of carbonyl (C=O) groups is 1. The molecular weight excluding hydrogens is 414 g/mol. The molecule has 6 nitrogen and oxygen atoms in total. The van der Waals surface area contributed by atoms with E-state index < -0.39 is 0 Å². The van der Waals surface area contributed by atoms with Crippen LogP contribution in [0.3, 0.4) is 0 Å². The molecule has 2 N–H and O–H groups in total. The molecule has 1 atom stereocenters. The lowest BCUT2D eigenvalue weighted by Gasteiger charge is -2.18. The molecule has 1 aliphatic carbocycles. The smallest absolute Gasteiger partial charge is 0.246 e. The average molecular weight is 444 g/mol. The number of likely N-dealkylation sites (N-methyl/N-ethyl adjacent to an activating group) is 1. The number of carbonyl (C=O) groups excluding carboxylic acids is 1. The first-order valence-corrected chi connectivity index (χ1v) is 11.1. The molecule has 0 spiro atoms. The van der Waals surface area contributed by atoms with E-state index in [4.69, 9.17) is 15.2 Å². The Hall–Kier alpha value is -3.80. The summed E-state index contributed by atoms with van der Waals surface area (Å²) in [6, 6.07) is 11.6. The van der Waals surface area contributed by atoms with E-state index in [9.17, 15) is 4.79 Å². The zero-order valence-electron chi connectivity index (χ0n) is 19.0. The normalized spacial score (nSPS) is 17.4. The van der Waals surface area contributed by atoms with Crippen molar-refractivity contribution in [2.24, 2.45) is 0 Å². The van der Waals surface area contributed by atoms with E-state index in [-0.39, 0.29) is 12.0 Å². The van der Waals surface area contributed by atoms with Gasteiger partial charge in [0.25, 0.3) is 0 Å². The van der Waals surface area contributed by atoms with Gasteiger partial charge >= 0.3 is 0 Å². The molecule has 2 aromatic rings. The quantitative estimate of drug-likeness (QED) is 0.497. The van der Waals surface area contributed by atoms with Gasteiger partial charge in [-0.15, -0.1) is 0 Å². The summed E-state index contributed by atoms with van der Waals surface area (Å²) in [5.74, 6) is 1.54. The van der Waals surface area contributed by atoms with Crippen molar-refractivity contribution >= 4 is 17.8 Å². The van der Waals surface area contributed by atoms with Crippen LogP contribution in [0.1, 0.15) is 30.9 Å². The number of hydrogen-bond donors (Lipinski definition) is 1. The number of nitrogens with zero attached hydrogens (tertiary/aromatic N) is 2. The zero-order chi connectivity index (χ0) is 23.2. The van der Waals surface area contributed by atoms with Crippen molar-refractivity contribution in [2.75, 3.05) is 19.3 Å². The third-order valence-electron chi connectivity index (χ3n) is 5.79. The highest BCUT2D eigenvalue weighted by Gasteiger charge is 2.29. The first-order chi connectivity index (χ1) is 16.0. The Labute approximate surface area is 194 Å². The second kappa shape index (κ2) is 10.2. The number of hydrogen-bond acceptors (Lipinski definition) is 5. The van der Waals surface area contributed by atoms with E-state index in [0.29, 0.717) is 24.7 Å². The topological polar surface area (TPSA) is 77.7 Å². The summed E-state index contributed by atoms with van der Waals surface area (Å²) in [5.41, 5.74) is 10.1. The van der Waals surface area contributed by atoms with Crippen LogP contribution in [0, 0.1) is 0 Å². The maximum atomic E-state index is 12.7. The van der Waals surface area contributed by atoms with E-state index >= 15 is 0 Å². The molecular formula is C27H29N3O3. The Bertz CT molecular complexity index is 1130. The van der Waals surface area contributed by atoms with Crippen molar-refractivity contribution in [3.63, 3.8) is 0 Å². The van der Waals surface area contributed by atoms with Gasteiger partial charge in [-0.3, -0.25) is 4.79 Å². The number of rotatable bonds is 7. The van der Waals surface area contributed by atoms with Crippen molar-refractivity contribution in [1.29, 1.82) is 0 Å². The molecule has 0 fully saturated rings. The fourth-order valence-electron chi connectivity index (χ4n) is 3.85. The molecule has 1 aromatic carbocycles. The van der Waals surface area contributed by atoms with E-state index in [1.165, 1.54) is 11.6 Å². The van der Waals surface area contributed by atoms with Gasteiger partial charge in [0.2, 0.25) is 5.91 Å². The van der Waals surface area contributed by atoms with Gasteiger partial charge in [0.1, 0.15) is 18.5 Å². The molecule has 1 aliphatic heterocycles. The van der Waals surface area contributed by atoms with E-state index in [2.05, 4.69) is 30.1 Å². The number of nitrogen functional groups attached to an aromatic ring is 1. The summed E-state index contributed by atoms with van der Waals surface area (Å²) >= 11 is 0. The molecule has 6 heteroatoms. The summed E-state index contributed by atoms with van der Waals surface area (Å²) in [7, 11) is 1.77. The predicted molar refractivity (Wildman–Crippen MR) is 130 cm³/mol. The average Bonchev–Trinajstić information content (AvgIpc) is 2.98. The van der Waals surface area contributed by atoms with Crippen LogP contribution in [0.15, 0.2) is 83.8 Å². The number of ether oxygens (including phenoxy) is 2. The number of benzene rings is 1. The Kier molecular flexibility index (Phi) is 6.93. The van der Waals surface area contributed by atoms with Crippen molar-refractivity contribution in [2.45, 2.75) is 32.5 Å². The van der Waals surface area contributed by atoms with Crippen molar-refractivity contribution < 1.29 is 14.3 Å². The fraction of sp³-hybridized carbons (Fsp3) is 0.259. The zero-order valence-corrected chi connectivity index (χ0v) is 19.0. The number of fused-ring (bicyclic) bond motifs is 1. The summed E-state index contributed by atoms with van der Waals surface area (Å²) in [6.45, 7) is 2.89. The minimum atomic E-state index is -0.122. The standard InChI is InChI=1S/C27H29N3O3/c1-19-22-11-7-4-8-12-23(22)33-25(19)17-30(2)26(31)14-13-21-15-24(27(28)29-16-21)32-18-20-9-5-3-6-10-20/h3-6,8-11,13-16,23H,7,12,17-18H2,1-2H3,(H2,28,29)/b14-13+. The van der Waals surface area contributed by atoms with E-state index in [1.54, 1.807) is 30.3 Å². The summed E-state index contributed by atoms with van der Waals surface area (Å²) in [6.07, 6.45) is 13.2. The lowest BCUT2D eigenvalue weighted by molar-refractivity contribution is -0.124. The molecule has 2 aliphatic rings. The minimum absolute atomic E-state index is 0.0629. The molecule has 0 saturated carbocycles. The monoisotopic (exact) mass is 443 g/mol. The second-order valence-electron chi connectivity index (χ2n) is 8.21. The molecule has 0 bridgehead atoms. The number of allylic oxidation sites excluding steroid dienone is 2. The van der Waals surface area contributed by atoms with E-state index in [1.807, 2.05) is 30.3 Å². The maximum absolute atomic E-state index is 12.7. The number of amides is 1. The molecule has 2 heterocycles. The van der Waals surface area contributed by atoms with Crippen LogP contribution in [0.5, 0.6) is 5.75 Å². The highest BCUT2D eigenvalue weighted by Crippen LogP contribution is 2.34. The summed E-state index contributed by atoms with van der Waals surface area (Å²) in [5, 5.41) is 0. The van der Waals surface area contributed by atoms with Crippen LogP contribution in [-0.4, -0.2) is 35.5 Å². The van der Waals surface area contributed by atoms with E-state index in [0.717, 1.165) is 35.3 Å². The van der Waals surface area contributed by atoms with Crippen LogP contribution >= 0.6 is 0 Å². The molecule has 170 valence electrons.